The van der Waals surface area contributed by atoms with Gasteiger partial charge in [-0.25, -0.2) is 9.59 Å². The minimum Gasteiger partial charge on any atom is -0.480 e. The van der Waals surface area contributed by atoms with E-state index in [1.165, 1.54) is 4.90 Å². The molecular weight excluding hydrogens is 408 g/mol. The maximum atomic E-state index is 13.0. The molecule has 2 aliphatic rings. The fourth-order valence-electron chi connectivity index (χ4n) is 4.85. The monoisotopic (exact) mass is 436 g/mol. The van der Waals surface area contributed by atoms with Crippen LogP contribution < -0.4 is 5.32 Å². The molecule has 0 spiro atoms. The van der Waals surface area contributed by atoms with Gasteiger partial charge in [0.05, 0.1) is 0 Å². The number of hydrogen-bond acceptors (Lipinski definition) is 4. The normalized spacial score (nSPS) is 20.4. The Morgan fingerprint density at radius 3 is 2.28 bits per heavy atom. The Hall–Kier alpha value is -3.35. The molecule has 32 heavy (non-hydrogen) atoms. The van der Waals surface area contributed by atoms with E-state index in [0.29, 0.717) is 25.8 Å². The van der Waals surface area contributed by atoms with E-state index >= 15 is 0 Å². The molecule has 2 amide bonds. The molecule has 2 aromatic rings. The third kappa shape index (κ3) is 3.72. The zero-order valence-electron chi connectivity index (χ0n) is 18.3. The Morgan fingerprint density at radius 1 is 1.12 bits per heavy atom. The maximum absolute atomic E-state index is 13.0. The van der Waals surface area contributed by atoms with Gasteiger partial charge in [-0.2, -0.15) is 0 Å². The number of carboxylic acids is 1. The fraction of sp³-hybridized carbons (Fsp3) is 0.400. The second-order valence-corrected chi connectivity index (χ2v) is 8.60. The Labute approximate surface area is 187 Å². The molecule has 2 atom stereocenters. The van der Waals surface area contributed by atoms with Crippen molar-refractivity contribution < 1.29 is 24.2 Å². The first-order chi connectivity index (χ1) is 15.4. The highest BCUT2D eigenvalue weighted by Crippen LogP contribution is 2.44. The van der Waals surface area contributed by atoms with Crippen LogP contribution in [-0.4, -0.2) is 52.7 Å². The number of carboxylic acid groups (broad SMARTS) is 1. The van der Waals surface area contributed by atoms with Crippen molar-refractivity contribution in [3.63, 3.8) is 0 Å². The van der Waals surface area contributed by atoms with Crippen molar-refractivity contribution in [2.75, 3.05) is 13.2 Å². The first kappa shape index (κ1) is 21.9. The van der Waals surface area contributed by atoms with Gasteiger partial charge in [-0.15, -0.1) is 0 Å². The topological polar surface area (TPSA) is 95.9 Å². The van der Waals surface area contributed by atoms with E-state index in [0.717, 1.165) is 22.3 Å². The van der Waals surface area contributed by atoms with Crippen LogP contribution in [0.3, 0.4) is 0 Å². The predicted molar refractivity (Wildman–Crippen MR) is 119 cm³/mol. The number of fused-ring (bicyclic) bond motifs is 3. The molecule has 1 aliphatic carbocycles. The van der Waals surface area contributed by atoms with E-state index in [1.807, 2.05) is 36.4 Å². The van der Waals surface area contributed by atoms with Crippen LogP contribution in [0, 0.1) is 0 Å². The van der Waals surface area contributed by atoms with Gasteiger partial charge >= 0.3 is 12.1 Å². The molecule has 7 heteroatoms. The SMILES string of the molecule is CC[C@H](NC(=O)OCC1c2ccccc2-c2ccccc21)C(=O)N1CCC[C@@]1(C)C(=O)O. The van der Waals surface area contributed by atoms with Gasteiger partial charge in [-0.1, -0.05) is 55.5 Å². The summed E-state index contributed by atoms with van der Waals surface area (Å²) in [6.07, 6.45) is 0.684. The van der Waals surface area contributed by atoms with Crippen LogP contribution in [0.1, 0.15) is 50.2 Å². The van der Waals surface area contributed by atoms with Crippen molar-refractivity contribution >= 4 is 18.0 Å². The Morgan fingerprint density at radius 2 is 1.72 bits per heavy atom. The van der Waals surface area contributed by atoms with E-state index in [4.69, 9.17) is 4.74 Å². The Kier molecular flexibility index (Phi) is 5.91. The molecule has 4 rings (SSSR count). The molecule has 1 heterocycles. The summed E-state index contributed by atoms with van der Waals surface area (Å²) in [5.41, 5.74) is 3.26. The van der Waals surface area contributed by atoms with Gasteiger partial charge in [0.1, 0.15) is 18.2 Å². The predicted octanol–water partition coefficient (Wildman–Crippen LogP) is 3.77. The number of alkyl carbamates (subject to hydrolysis) is 1. The third-order valence-electron chi connectivity index (χ3n) is 6.71. The smallest absolute Gasteiger partial charge is 0.407 e. The number of hydrogen-bond donors (Lipinski definition) is 2. The molecule has 1 aliphatic heterocycles. The van der Waals surface area contributed by atoms with Crippen LogP contribution in [0.25, 0.3) is 11.1 Å². The van der Waals surface area contributed by atoms with E-state index in [2.05, 4.69) is 17.4 Å². The standard InChI is InChI=1S/C25H28N2O5/c1-3-21(22(28)27-14-8-13-25(27,2)23(29)30)26-24(31)32-15-20-18-11-6-4-9-16(18)17-10-5-7-12-19(17)20/h4-7,9-12,20-21H,3,8,13-15H2,1-2H3,(H,26,31)(H,29,30)/t21-,25-/m0/s1. The molecule has 7 nitrogen and oxygen atoms in total. The van der Waals surface area contributed by atoms with Crippen molar-refractivity contribution in [3.05, 3.63) is 59.7 Å². The summed E-state index contributed by atoms with van der Waals surface area (Å²) in [5, 5.41) is 12.2. The molecule has 0 saturated carbocycles. The first-order valence-corrected chi connectivity index (χ1v) is 11.0. The molecule has 0 unspecified atom stereocenters. The quantitative estimate of drug-likeness (QED) is 0.719. The van der Waals surface area contributed by atoms with Gasteiger partial charge in [0.2, 0.25) is 5.91 Å². The highest BCUT2D eigenvalue weighted by molar-refractivity contribution is 5.91. The molecular formula is C25H28N2O5. The fourth-order valence-corrected chi connectivity index (χ4v) is 4.85. The van der Waals surface area contributed by atoms with Crippen molar-refractivity contribution in [3.8, 4) is 11.1 Å². The minimum absolute atomic E-state index is 0.0715. The zero-order chi connectivity index (χ0) is 22.9. The largest absolute Gasteiger partial charge is 0.480 e. The average molecular weight is 437 g/mol. The van der Waals surface area contributed by atoms with Gasteiger partial charge in [0.25, 0.3) is 0 Å². The number of carbonyl (C=O) groups excluding carboxylic acids is 2. The number of benzene rings is 2. The van der Waals surface area contributed by atoms with E-state index < -0.39 is 23.6 Å². The zero-order valence-corrected chi connectivity index (χ0v) is 18.3. The summed E-state index contributed by atoms with van der Waals surface area (Å²) in [7, 11) is 0. The van der Waals surface area contributed by atoms with Gasteiger partial charge in [-0.05, 0) is 48.4 Å². The molecule has 1 saturated heterocycles. The Bertz CT molecular complexity index is 1010. The molecule has 2 N–H and O–H groups in total. The summed E-state index contributed by atoms with van der Waals surface area (Å²) in [4.78, 5) is 38.7. The molecule has 0 bridgehead atoms. The summed E-state index contributed by atoms with van der Waals surface area (Å²) in [6, 6.07) is 15.3. The van der Waals surface area contributed by atoms with Gasteiger partial charge < -0.3 is 20.1 Å². The molecule has 1 fully saturated rings. The first-order valence-electron chi connectivity index (χ1n) is 11.0. The van der Waals surface area contributed by atoms with Crippen molar-refractivity contribution in [1.29, 1.82) is 0 Å². The lowest BCUT2D eigenvalue weighted by molar-refractivity contribution is -0.156. The molecule has 168 valence electrons. The summed E-state index contributed by atoms with van der Waals surface area (Å²) in [6.45, 7) is 3.85. The van der Waals surface area contributed by atoms with Crippen molar-refractivity contribution in [1.82, 2.24) is 10.2 Å². The average Bonchev–Trinajstić information content (AvgIpc) is 3.35. The van der Waals surface area contributed by atoms with Crippen LogP contribution in [-0.2, 0) is 14.3 Å². The van der Waals surface area contributed by atoms with Crippen LogP contribution in [0.2, 0.25) is 0 Å². The number of nitrogens with zero attached hydrogens (tertiary/aromatic N) is 1. The summed E-state index contributed by atoms with van der Waals surface area (Å²) >= 11 is 0. The number of rotatable bonds is 6. The van der Waals surface area contributed by atoms with Crippen molar-refractivity contribution in [2.24, 2.45) is 0 Å². The van der Waals surface area contributed by atoms with E-state index in [1.54, 1.807) is 13.8 Å². The van der Waals surface area contributed by atoms with E-state index in [9.17, 15) is 19.5 Å². The van der Waals surface area contributed by atoms with Crippen LogP contribution >= 0.6 is 0 Å². The van der Waals surface area contributed by atoms with Gasteiger partial charge in [0.15, 0.2) is 0 Å². The van der Waals surface area contributed by atoms with Crippen LogP contribution in [0.5, 0.6) is 0 Å². The molecule has 2 aromatic carbocycles. The van der Waals surface area contributed by atoms with Crippen LogP contribution in [0.15, 0.2) is 48.5 Å². The summed E-state index contributed by atoms with van der Waals surface area (Å²) in [5.74, 6) is -1.49. The lowest BCUT2D eigenvalue weighted by Crippen LogP contribution is -2.57. The number of ether oxygens (including phenoxy) is 1. The van der Waals surface area contributed by atoms with Crippen LogP contribution in [0.4, 0.5) is 4.79 Å². The molecule has 0 radical (unpaired) electrons. The number of aliphatic carboxylic acids is 1. The highest BCUT2D eigenvalue weighted by Gasteiger charge is 2.47. The lowest BCUT2D eigenvalue weighted by Gasteiger charge is -2.33. The minimum atomic E-state index is -1.24. The van der Waals surface area contributed by atoms with E-state index in [-0.39, 0.29) is 18.4 Å². The number of likely N-dealkylation sites (tertiary alicyclic amines) is 1. The van der Waals surface area contributed by atoms with Gasteiger partial charge in [0, 0.05) is 12.5 Å². The molecule has 0 aromatic heterocycles. The maximum Gasteiger partial charge on any atom is 0.407 e. The van der Waals surface area contributed by atoms with Gasteiger partial charge in [-0.3, -0.25) is 4.79 Å². The Balaban J connectivity index is 1.43. The summed E-state index contributed by atoms with van der Waals surface area (Å²) < 4.78 is 5.55. The third-order valence-corrected chi connectivity index (χ3v) is 6.71. The number of amides is 2. The number of nitrogens with one attached hydrogen (secondary N) is 1. The lowest BCUT2D eigenvalue weighted by atomic mass is 9.98. The number of carbonyl (C=O) groups is 3. The second kappa shape index (κ2) is 8.65. The highest BCUT2D eigenvalue weighted by atomic mass is 16.5. The van der Waals surface area contributed by atoms with Crippen molar-refractivity contribution in [2.45, 2.75) is 50.6 Å². The second-order valence-electron chi connectivity index (χ2n) is 8.60.